The number of hydrogen-bond acceptors (Lipinski definition) is 1. The van der Waals surface area contributed by atoms with Crippen LogP contribution in [0.15, 0.2) is 22.7 Å². The molecule has 14 heavy (non-hydrogen) atoms. The predicted molar refractivity (Wildman–Crippen MR) is 66.9 cm³/mol. The summed E-state index contributed by atoms with van der Waals surface area (Å²) in [6.07, 6.45) is 2.43. The highest BCUT2D eigenvalue weighted by Gasteiger charge is 2.03. The van der Waals surface area contributed by atoms with E-state index in [2.05, 4.69) is 60.2 Å². The van der Waals surface area contributed by atoms with Crippen LogP contribution in [0.1, 0.15) is 32.3 Å². The Kier molecular flexibility index (Phi) is 4.46. The van der Waals surface area contributed by atoms with E-state index >= 15 is 0 Å². The van der Waals surface area contributed by atoms with E-state index < -0.39 is 0 Å². The van der Waals surface area contributed by atoms with Gasteiger partial charge in [0.1, 0.15) is 0 Å². The molecule has 1 N–H and O–H groups in total. The Morgan fingerprint density at radius 1 is 1.43 bits per heavy atom. The third kappa shape index (κ3) is 3.33. The lowest BCUT2D eigenvalue weighted by Gasteiger charge is -2.16. The summed E-state index contributed by atoms with van der Waals surface area (Å²) >= 11 is 3.55. The maximum Gasteiger partial charge on any atom is 0.0489 e. The Bertz CT molecular complexity index is 296. The molecule has 0 aliphatic rings. The van der Waals surface area contributed by atoms with Gasteiger partial charge < -0.3 is 5.32 Å². The molecule has 1 atom stereocenters. The summed E-state index contributed by atoms with van der Waals surface area (Å²) < 4.78 is 1.14. The quantitative estimate of drug-likeness (QED) is 0.844. The number of rotatable bonds is 4. The van der Waals surface area contributed by atoms with E-state index in [-0.39, 0.29) is 0 Å². The van der Waals surface area contributed by atoms with Crippen molar-refractivity contribution in [2.24, 2.45) is 0 Å². The fraction of sp³-hybridized carbons (Fsp3) is 0.500. The first kappa shape index (κ1) is 11.6. The monoisotopic (exact) mass is 255 g/mol. The molecule has 0 spiro atoms. The standard InChI is InChI=1S/C12H18BrN/c1-4-5-10(3)14-12-8-9(2)6-7-11(12)13/h6-8,10,14H,4-5H2,1-3H3. The minimum atomic E-state index is 0.540. The van der Waals surface area contributed by atoms with E-state index in [4.69, 9.17) is 0 Å². The van der Waals surface area contributed by atoms with Crippen molar-refractivity contribution in [1.82, 2.24) is 0 Å². The van der Waals surface area contributed by atoms with Crippen molar-refractivity contribution in [1.29, 1.82) is 0 Å². The van der Waals surface area contributed by atoms with Crippen molar-refractivity contribution in [2.45, 2.75) is 39.7 Å². The fourth-order valence-corrected chi connectivity index (χ4v) is 1.88. The van der Waals surface area contributed by atoms with Gasteiger partial charge in [-0.25, -0.2) is 0 Å². The molecule has 0 heterocycles. The second-order valence-corrected chi connectivity index (χ2v) is 4.67. The Morgan fingerprint density at radius 2 is 2.14 bits per heavy atom. The molecule has 0 aromatic heterocycles. The Hall–Kier alpha value is -0.500. The van der Waals surface area contributed by atoms with Crippen LogP contribution < -0.4 is 5.32 Å². The largest absolute Gasteiger partial charge is 0.382 e. The number of aryl methyl sites for hydroxylation is 1. The van der Waals surface area contributed by atoms with E-state index in [1.165, 1.54) is 24.1 Å². The molecular weight excluding hydrogens is 238 g/mol. The smallest absolute Gasteiger partial charge is 0.0489 e. The molecule has 0 aliphatic heterocycles. The van der Waals surface area contributed by atoms with E-state index in [0.29, 0.717) is 6.04 Å². The average molecular weight is 256 g/mol. The van der Waals surface area contributed by atoms with Crippen LogP contribution in [0.2, 0.25) is 0 Å². The van der Waals surface area contributed by atoms with Gasteiger partial charge in [-0.1, -0.05) is 19.4 Å². The summed E-state index contributed by atoms with van der Waals surface area (Å²) in [6.45, 7) is 6.55. The highest BCUT2D eigenvalue weighted by Crippen LogP contribution is 2.24. The van der Waals surface area contributed by atoms with Crippen molar-refractivity contribution in [2.75, 3.05) is 5.32 Å². The first-order valence-corrected chi connectivity index (χ1v) is 5.95. The van der Waals surface area contributed by atoms with Crippen LogP contribution in [0.5, 0.6) is 0 Å². The van der Waals surface area contributed by atoms with E-state index in [9.17, 15) is 0 Å². The molecule has 0 fully saturated rings. The third-order valence-corrected chi connectivity index (χ3v) is 2.94. The van der Waals surface area contributed by atoms with Crippen LogP contribution in [0.25, 0.3) is 0 Å². The average Bonchev–Trinajstić information content (AvgIpc) is 2.12. The van der Waals surface area contributed by atoms with Gasteiger partial charge in [0, 0.05) is 16.2 Å². The summed E-state index contributed by atoms with van der Waals surface area (Å²) in [5, 5.41) is 3.51. The van der Waals surface area contributed by atoms with Gasteiger partial charge in [0.15, 0.2) is 0 Å². The Labute approximate surface area is 95.0 Å². The van der Waals surface area contributed by atoms with Gasteiger partial charge in [-0.3, -0.25) is 0 Å². The molecule has 0 saturated heterocycles. The van der Waals surface area contributed by atoms with E-state index in [1.54, 1.807) is 0 Å². The topological polar surface area (TPSA) is 12.0 Å². The van der Waals surface area contributed by atoms with Gasteiger partial charge >= 0.3 is 0 Å². The highest BCUT2D eigenvalue weighted by atomic mass is 79.9. The van der Waals surface area contributed by atoms with E-state index in [1.807, 2.05) is 0 Å². The third-order valence-electron chi connectivity index (χ3n) is 2.25. The number of anilines is 1. The molecule has 1 rings (SSSR count). The van der Waals surface area contributed by atoms with Crippen molar-refractivity contribution in [3.63, 3.8) is 0 Å². The first-order valence-electron chi connectivity index (χ1n) is 5.16. The number of halogens is 1. The lowest BCUT2D eigenvalue weighted by molar-refractivity contribution is 0.690. The van der Waals surface area contributed by atoms with Gasteiger partial charge in [0.2, 0.25) is 0 Å². The lowest BCUT2D eigenvalue weighted by atomic mass is 10.1. The minimum absolute atomic E-state index is 0.540. The summed E-state index contributed by atoms with van der Waals surface area (Å²) in [6, 6.07) is 6.92. The molecular formula is C12H18BrN. The van der Waals surface area contributed by atoms with Crippen molar-refractivity contribution in [3.05, 3.63) is 28.2 Å². The fourth-order valence-electron chi connectivity index (χ4n) is 1.52. The van der Waals surface area contributed by atoms with Crippen LogP contribution in [-0.4, -0.2) is 6.04 Å². The molecule has 0 radical (unpaired) electrons. The first-order chi connectivity index (χ1) is 6.63. The predicted octanol–water partition coefficient (Wildman–Crippen LogP) is 4.36. The molecule has 1 aromatic rings. The molecule has 0 bridgehead atoms. The zero-order valence-electron chi connectivity index (χ0n) is 9.10. The Morgan fingerprint density at radius 3 is 2.79 bits per heavy atom. The van der Waals surface area contributed by atoms with Crippen LogP contribution in [0.4, 0.5) is 5.69 Å². The van der Waals surface area contributed by atoms with Crippen LogP contribution in [0.3, 0.4) is 0 Å². The zero-order valence-corrected chi connectivity index (χ0v) is 10.7. The molecule has 1 aromatic carbocycles. The van der Waals surface area contributed by atoms with Crippen molar-refractivity contribution in [3.8, 4) is 0 Å². The second kappa shape index (κ2) is 5.40. The van der Waals surface area contributed by atoms with Gasteiger partial charge in [0.05, 0.1) is 0 Å². The maximum absolute atomic E-state index is 3.55. The second-order valence-electron chi connectivity index (χ2n) is 3.82. The van der Waals surface area contributed by atoms with Gasteiger partial charge in [-0.15, -0.1) is 0 Å². The van der Waals surface area contributed by atoms with Crippen LogP contribution in [0, 0.1) is 6.92 Å². The van der Waals surface area contributed by atoms with Gasteiger partial charge in [0.25, 0.3) is 0 Å². The van der Waals surface area contributed by atoms with Gasteiger partial charge in [-0.2, -0.15) is 0 Å². The normalized spacial score (nSPS) is 12.6. The summed E-state index contributed by atoms with van der Waals surface area (Å²) in [5.41, 5.74) is 2.49. The molecule has 1 unspecified atom stereocenters. The molecule has 0 amide bonds. The maximum atomic E-state index is 3.55. The Balaban J connectivity index is 2.70. The van der Waals surface area contributed by atoms with Crippen molar-refractivity contribution < 1.29 is 0 Å². The summed E-state index contributed by atoms with van der Waals surface area (Å²) in [4.78, 5) is 0. The number of benzene rings is 1. The van der Waals surface area contributed by atoms with Crippen molar-refractivity contribution >= 4 is 21.6 Å². The molecule has 0 aliphatic carbocycles. The summed E-state index contributed by atoms with van der Waals surface area (Å²) in [5.74, 6) is 0. The zero-order chi connectivity index (χ0) is 10.6. The molecule has 2 heteroatoms. The molecule has 0 saturated carbocycles. The van der Waals surface area contributed by atoms with Crippen LogP contribution in [-0.2, 0) is 0 Å². The number of hydrogen-bond donors (Lipinski definition) is 1. The van der Waals surface area contributed by atoms with E-state index in [0.717, 1.165) is 4.47 Å². The highest BCUT2D eigenvalue weighted by molar-refractivity contribution is 9.10. The summed E-state index contributed by atoms with van der Waals surface area (Å²) in [7, 11) is 0. The lowest BCUT2D eigenvalue weighted by Crippen LogP contribution is -2.14. The SMILES string of the molecule is CCCC(C)Nc1cc(C)ccc1Br. The number of nitrogens with one attached hydrogen (secondary N) is 1. The molecule has 1 nitrogen and oxygen atoms in total. The minimum Gasteiger partial charge on any atom is -0.382 e. The van der Waals surface area contributed by atoms with Crippen LogP contribution >= 0.6 is 15.9 Å². The van der Waals surface area contributed by atoms with Gasteiger partial charge in [-0.05, 0) is 53.9 Å². The molecule has 78 valence electrons.